The van der Waals surface area contributed by atoms with Gasteiger partial charge in [0.1, 0.15) is 11.9 Å². The summed E-state index contributed by atoms with van der Waals surface area (Å²) in [7, 11) is 0. The number of nitrogens with zero attached hydrogens (tertiary/aromatic N) is 1. The first-order valence-electron chi connectivity index (χ1n) is 9.47. The number of imide groups is 1. The summed E-state index contributed by atoms with van der Waals surface area (Å²) < 4.78 is 18.0. The normalized spacial score (nSPS) is 13.9. The minimum Gasteiger partial charge on any atom is -0.454 e. The van der Waals surface area contributed by atoms with E-state index >= 15 is 0 Å². The molecule has 3 rings (SSSR count). The summed E-state index contributed by atoms with van der Waals surface area (Å²) in [5.74, 6) is -3.05. The summed E-state index contributed by atoms with van der Waals surface area (Å²) in [6.07, 6.45) is 0.198. The molecule has 1 aliphatic heterocycles. The number of halogens is 1. The first-order valence-corrected chi connectivity index (χ1v) is 9.47. The minimum absolute atomic E-state index is 0.0140. The number of hydrogen-bond acceptors (Lipinski definition) is 5. The van der Waals surface area contributed by atoms with Gasteiger partial charge in [0.25, 0.3) is 17.7 Å². The molecule has 30 heavy (non-hydrogen) atoms. The molecule has 0 saturated carbocycles. The number of ether oxygens (including phenoxy) is 1. The first-order chi connectivity index (χ1) is 14.3. The Labute approximate surface area is 172 Å². The van der Waals surface area contributed by atoms with E-state index in [0.29, 0.717) is 5.69 Å². The second-order valence-electron chi connectivity index (χ2n) is 7.33. The van der Waals surface area contributed by atoms with Crippen molar-refractivity contribution >= 4 is 29.4 Å². The molecule has 2 aromatic carbocycles. The summed E-state index contributed by atoms with van der Waals surface area (Å²) in [4.78, 5) is 51.1. The lowest BCUT2D eigenvalue weighted by Crippen LogP contribution is -2.46. The van der Waals surface area contributed by atoms with Gasteiger partial charge in [-0.05, 0) is 48.7 Å². The van der Waals surface area contributed by atoms with Crippen LogP contribution in [0.1, 0.15) is 41.0 Å². The Hall–Kier alpha value is -3.55. The third kappa shape index (κ3) is 4.53. The van der Waals surface area contributed by atoms with Crippen LogP contribution in [0, 0.1) is 11.7 Å². The number of fused-ring (bicyclic) bond motifs is 1. The quantitative estimate of drug-likeness (QED) is 0.557. The van der Waals surface area contributed by atoms with E-state index in [-0.39, 0.29) is 23.5 Å². The fourth-order valence-corrected chi connectivity index (χ4v) is 3.21. The van der Waals surface area contributed by atoms with Crippen LogP contribution in [0.15, 0.2) is 48.5 Å². The maximum Gasteiger partial charge on any atom is 0.329 e. The van der Waals surface area contributed by atoms with Crippen molar-refractivity contribution in [3.05, 3.63) is 65.5 Å². The van der Waals surface area contributed by atoms with E-state index in [2.05, 4.69) is 5.32 Å². The Morgan fingerprint density at radius 3 is 2.10 bits per heavy atom. The summed E-state index contributed by atoms with van der Waals surface area (Å²) >= 11 is 0. The predicted molar refractivity (Wildman–Crippen MR) is 106 cm³/mol. The number of rotatable bonds is 7. The zero-order valence-corrected chi connectivity index (χ0v) is 16.6. The van der Waals surface area contributed by atoms with E-state index in [1.54, 1.807) is 12.1 Å². The smallest absolute Gasteiger partial charge is 0.329 e. The van der Waals surface area contributed by atoms with Gasteiger partial charge in [0.2, 0.25) is 0 Å². The number of hydrogen-bond donors (Lipinski definition) is 1. The second-order valence-corrected chi connectivity index (χ2v) is 7.33. The van der Waals surface area contributed by atoms with Crippen molar-refractivity contribution in [3.8, 4) is 0 Å². The Morgan fingerprint density at radius 1 is 1.00 bits per heavy atom. The van der Waals surface area contributed by atoms with Crippen molar-refractivity contribution < 1.29 is 28.3 Å². The van der Waals surface area contributed by atoms with Gasteiger partial charge in [0.15, 0.2) is 6.61 Å². The van der Waals surface area contributed by atoms with Crippen LogP contribution in [-0.4, -0.2) is 41.2 Å². The highest BCUT2D eigenvalue weighted by molar-refractivity contribution is 6.22. The Kier molecular flexibility index (Phi) is 6.25. The Morgan fingerprint density at radius 2 is 1.57 bits per heavy atom. The molecule has 1 N–H and O–H groups in total. The summed E-state index contributed by atoms with van der Waals surface area (Å²) in [5.41, 5.74) is 0.813. The highest BCUT2D eigenvalue weighted by atomic mass is 19.1. The average molecular weight is 412 g/mol. The van der Waals surface area contributed by atoms with E-state index in [1.165, 1.54) is 36.4 Å². The van der Waals surface area contributed by atoms with Crippen molar-refractivity contribution in [1.82, 2.24) is 4.90 Å². The molecule has 8 heteroatoms. The van der Waals surface area contributed by atoms with Gasteiger partial charge in [-0.1, -0.05) is 26.0 Å². The summed E-state index contributed by atoms with van der Waals surface area (Å²) in [6.45, 7) is 3.09. The molecule has 1 atom stereocenters. The maximum atomic E-state index is 12.9. The number of esters is 1. The third-order valence-electron chi connectivity index (χ3n) is 4.58. The molecule has 3 amide bonds. The lowest BCUT2D eigenvalue weighted by Gasteiger charge is -2.25. The van der Waals surface area contributed by atoms with Crippen LogP contribution < -0.4 is 5.32 Å². The van der Waals surface area contributed by atoms with Crippen LogP contribution in [0.2, 0.25) is 0 Å². The Balaban J connectivity index is 1.69. The largest absolute Gasteiger partial charge is 0.454 e. The monoisotopic (exact) mass is 412 g/mol. The zero-order chi connectivity index (χ0) is 21.8. The maximum absolute atomic E-state index is 12.9. The van der Waals surface area contributed by atoms with Crippen LogP contribution in [0.5, 0.6) is 0 Å². The molecule has 0 aliphatic carbocycles. The highest BCUT2D eigenvalue weighted by Crippen LogP contribution is 2.27. The number of benzene rings is 2. The zero-order valence-electron chi connectivity index (χ0n) is 16.6. The lowest BCUT2D eigenvalue weighted by molar-refractivity contribution is -0.151. The van der Waals surface area contributed by atoms with Gasteiger partial charge in [-0.2, -0.15) is 0 Å². The molecule has 0 radical (unpaired) electrons. The average Bonchev–Trinajstić information content (AvgIpc) is 2.97. The van der Waals surface area contributed by atoms with Gasteiger partial charge in [0, 0.05) is 5.69 Å². The number of carbonyl (C=O) groups excluding carboxylic acids is 4. The molecule has 0 saturated heterocycles. The van der Waals surface area contributed by atoms with Gasteiger partial charge in [-0.15, -0.1) is 0 Å². The van der Waals surface area contributed by atoms with Crippen LogP contribution in [0.4, 0.5) is 10.1 Å². The van der Waals surface area contributed by atoms with Gasteiger partial charge in [-0.3, -0.25) is 19.3 Å². The molecule has 156 valence electrons. The highest BCUT2D eigenvalue weighted by Gasteiger charge is 2.43. The van der Waals surface area contributed by atoms with Crippen molar-refractivity contribution in [3.63, 3.8) is 0 Å². The molecule has 1 heterocycles. The molecular formula is C22H21FN2O5. The molecule has 0 bridgehead atoms. The van der Waals surface area contributed by atoms with Gasteiger partial charge < -0.3 is 10.1 Å². The van der Waals surface area contributed by atoms with E-state index in [0.717, 1.165) is 4.90 Å². The first kappa shape index (κ1) is 21.2. The van der Waals surface area contributed by atoms with Crippen molar-refractivity contribution in [1.29, 1.82) is 0 Å². The van der Waals surface area contributed by atoms with E-state index < -0.39 is 42.2 Å². The number of anilines is 1. The van der Waals surface area contributed by atoms with Crippen molar-refractivity contribution in [2.24, 2.45) is 5.92 Å². The number of carbonyl (C=O) groups is 4. The fraction of sp³-hybridized carbons (Fsp3) is 0.273. The third-order valence-corrected chi connectivity index (χ3v) is 4.58. The summed E-state index contributed by atoms with van der Waals surface area (Å²) in [5, 5.41) is 2.48. The van der Waals surface area contributed by atoms with E-state index in [1.807, 2.05) is 13.8 Å². The number of amides is 3. The Bertz CT molecular complexity index is 952. The van der Waals surface area contributed by atoms with Gasteiger partial charge >= 0.3 is 5.97 Å². The van der Waals surface area contributed by atoms with E-state index in [9.17, 15) is 23.6 Å². The molecule has 0 fully saturated rings. The van der Waals surface area contributed by atoms with Gasteiger partial charge in [-0.25, -0.2) is 9.18 Å². The topological polar surface area (TPSA) is 92.8 Å². The minimum atomic E-state index is -1.14. The van der Waals surface area contributed by atoms with Crippen LogP contribution in [0.25, 0.3) is 0 Å². The van der Waals surface area contributed by atoms with Crippen LogP contribution in [0.3, 0.4) is 0 Å². The molecule has 1 aliphatic rings. The van der Waals surface area contributed by atoms with Crippen molar-refractivity contribution in [2.75, 3.05) is 11.9 Å². The molecule has 0 spiro atoms. The fourth-order valence-electron chi connectivity index (χ4n) is 3.21. The van der Waals surface area contributed by atoms with Crippen molar-refractivity contribution in [2.45, 2.75) is 26.3 Å². The van der Waals surface area contributed by atoms with Crippen LogP contribution >= 0.6 is 0 Å². The summed E-state index contributed by atoms with van der Waals surface area (Å²) in [6, 6.07) is 10.3. The SMILES string of the molecule is CC(C)CC(C(=O)OCC(=O)Nc1ccc(F)cc1)N1C(=O)c2ccccc2C1=O. The standard InChI is InChI=1S/C22H21FN2O5/c1-13(2)11-18(25-20(27)16-5-3-4-6-17(16)21(25)28)22(29)30-12-19(26)24-15-9-7-14(23)8-10-15/h3-10,13,18H,11-12H2,1-2H3,(H,24,26). The molecule has 0 aromatic heterocycles. The predicted octanol–water partition coefficient (Wildman–Crippen LogP) is 3.02. The second kappa shape index (κ2) is 8.86. The lowest BCUT2D eigenvalue weighted by atomic mass is 10.0. The van der Waals surface area contributed by atoms with Crippen LogP contribution in [-0.2, 0) is 14.3 Å². The molecule has 2 aromatic rings. The molecular weight excluding hydrogens is 391 g/mol. The van der Waals surface area contributed by atoms with E-state index in [4.69, 9.17) is 4.74 Å². The molecule has 1 unspecified atom stereocenters. The number of nitrogens with one attached hydrogen (secondary N) is 1. The van der Waals surface area contributed by atoms with Gasteiger partial charge in [0.05, 0.1) is 11.1 Å². The molecule has 7 nitrogen and oxygen atoms in total.